The van der Waals surface area contributed by atoms with Crippen molar-refractivity contribution in [2.45, 2.75) is 38.1 Å². The summed E-state index contributed by atoms with van der Waals surface area (Å²) in [7, 11) is 3.07. The largest absolute Gasteiger partial charge is 0.492 e. The Morgan fingerprint density at radius 3 is 2.47 bits per heavy atom. The zero-order valence-corrected chi connectivity index (χ0v) is 24.6. The first kappa shape index (κ1) is 30.8. The Balaban J connectivity index is 0.00000400. The van der Waals surface area contributed by atoms with Gasteiger partial charge < -0.3 is 8.92 Å². The number of amides is 1. The summed E-state index contributed by atoms with van der Waals surface area (Å²) in [5.41, 5.74) is 3.66. The Labute approximate surface area is 244 Å². The molecule has 0 atom stereocenters. The number of halogens is 3. The van der Waals surface area contributed by atoms with Crippen molar-refractivity contribution < 1.29 is 18.1 Å². The minimum Gasteiger partial charge on any atom is -0.492 e. The van der Waals surface area contributed by atoms with Gasteiger partial charge in [-0.05, 0) is 67.0 Å². The second kappa shape index (κ2) is 13.6. The molecule has 0 spiro atoms. The molecule has 1 amide bonds. The second-order valence-corrected chi connectivity index (χ2v) is 11.5. The molecule has 1 N–H and O–H groups in total. The molecule has 1 aliphatic carbocycles. The Bertz CT molecular complexity index is 1170. The summed E-state index contributed by atoms with van der Waals surface area (Å²) in [5.74, 6) is -0.618. The standard InChI is InChI=1S/C26H29Cl2FN4O3S.H2S/c1-32(37-35-2)31-25(34)22-12-21(18-3-4-18)24(13-23(22)29)36-16-26(15-30)5-7-33(8-6-26)14-17-9-19(27)11-20(28)10-17;/h9-13,18H,3-8,14,16H2,1-2H3,(H,31,34);1H2. The lowest BCUT2D eigenvalue weighted by atomic mass is 9.80. The van der Waals surface area contributed by atoms with Crippen LogP contribution in [0.4, 0.5) is 4.39 Å². The molecular weight excluding hydrogens is 570 g/mol. The number of carbonyl (C=O) groups is 1. The van der Waals surface area contributed by atoms with E-state index in [1.165, 1.54) is 17.6 Å². The van der Waals surface area contributed by atoms with Gasteiger partial charge in [-0.2, -0.15) is 18.8 Å². The summed E-state index contributed by atoms with van der Waals surface area (Å²) in [6.45, 7) is 2.30. The molecule has 1 heterocycles. The Morgan fingerprint density at radius 2 is 1.89 bits per heavy atom. The van der Waals surface area contributed by atoms with Gasteiger partial charge in [0.2, 0.25) is 0 Å². The van der Waals surface area contributed by atoms with E-state index < -0.39 is 17.1 Å². The molecule has 4 rings (SSSR count). The molecule has 2 aromatic rings. The minimum absolute atomic E-state index is 0. The third-order valence-electron chi connectivity index (χ3n) is 6.69. The first-order valence-corrected chi connectivity index (χ1v) is 13.5. The van der Waals surface area contributed by atoms with Gasteiger partial charge in [0.05, 0.1) is 24.2 Å². The topological polar surface area (TPSA) is 77.8 Å². The van der Waals surface area contributed by atoms with E-state index in [1.807, 2.05) is 12.1 Å². The Hall–Kier alpha value is -1.71. The molecule has 12 heteroatoms. The number of nitrogens with zero attached hydrogens (tertiary/aromatic N) is 3. The van der Waals surface area contributed by atoms with E-state index in [0.717, 1.165) is 49.3 Å². The second-order valence-electron chi connectivity index (χ2n) is 9.56. The molecule has 1 aliphatic heterocycles. The van der Waals surface area contributed by atoms with E-state index in [-0.39, 0.29) is 31.6 Å². The predicted octanol–water partition coefficient (Wildman–Crippen LogP) is 6.09. The molecule has 0 unspecified atom stereocenters. The minimum atomic E-state index is -0.672. The van der Waals surface area contributed by atoms with Crippen LogP contribution in [0.5, 0.6) is 5.75 Å². The summed E-state index contributed by atoms with van der Waals surface area (Å²) >= 11 is 13.2. The SMILES string of the molecule is COSN(C)NC(=O)c1cc(C2CC2)c(OCC2(C#N)CCN(Cc3cc(Cl)cc(Cl)c3)CC2)cc1F.S. The van der Waals surface area contributed by atoms with Gasteiger partial charge >= 0.3 is 0 Å². The van der Waals surface area contributed by atoms with E-state index in [0.29, 0.717) is 35.2 Å². The number of likely N-dealkylation sites (tertiary alicyclic amines) is 1. The number of nitrogens with one attached hydrogen (secondary N) is 1. The predicted molar refractivity (Wildman–Crippen MR) is 153 cm³/mol. The zero-order chi connectivity index (χ0) is 26.6. The lowest BCUT2D eigenvalue weighted by Crippen LogP contribution is -2.42. The monoisotopic (exact) mass is 600 g/mol. The van der Waals surface area contributed by atoms with E-state index in [9.17, 15) is 14.4 Å². The normalized spacial score (nSPS) is 17.0. The van der Waals surface area contributed by atoms with Gasteiger partial charge in [-0.1, -0.05) is 23.2 Å². The van der Waals surface area contributed by atoms with Crippen LogP contribution in [0, 0.1) is 22.6 Å². The van der Waals surface area contributed by atoms with Crippen molar-refractivity contribution >= 4 is 54.8 Å². The Morgan fingerprint density at radius 1 is 1.24 bits per heavy atom. The first-order valence-electron chi connectivity index (χ1n) is 12.0. The number of hydrogen-bond acceptors (Lipinski definition) is 7. The molecule has 0 radical (unpaired) electrons. The molecule has 206 valence electrons. The number of nitriles is 1. The van der Waals surface area contributed by atoms with Crippen LogP contribution >= 0.6 is 48.9 Å². The summed E-state index contributed by atoms with van der Waals surface area (Å²) in [6, 6.07) is 10.8. The summed E-state index contributed by atoms with van der Waals surface area (Å²) < 4.78 is 27.3. The molecule has 1 saturated carbocycles. The fraction of sp³-hybridized carbons (Fsp3) is 0.462. The van der Waals surface area contributed by atoms with Crippen molar-refractivity contribution in [3.05, 3.63) is 62.9 Å². The van der Waals surface area contributed by atoms with Crippen LogP contribution in [-0.2, 0) is 10.7 Å². The molecule has 2 aromatic carbocycles. The van der Waals surface area contributed by atoms with Crippen LogP contribution in [0.25, 0.3) is 0 Å². The quantitative estimate of drug-likeness (QED) is 0.201. The first-order chi connectivity index (χ1) is 17.7. The fourth-order valence-corrected chi connectivity index (χ4v) is 5.44. The van der Waals surface area contributed by atoms with Gasteiger partial charge in [0.1, 0.15) is 30.4 Å². The van der Waals surface area contributed by atoms with Crippen molar-refractivity contribution in [1.29, 1.82) is 5.26 Å². The molecule has 7 nitrogen and oxygen atoms in total. The number of hydrogen-bond donors (Lipinski definition) is 1. The average Bonchev–Trinajstić information content (AvgIpc) is 3.69. The smallest absolute Gasteiger partial charge is 0.269 e. The number of piperidine rings is 1. The summed E-state index contributed by atoms with van der Waals surface area (Å²) in [5, 5.41) is 11.2. The van der Waals surface area contributed by atoms with Crippen LogP contribution < -0.4 is 10.2 Å². The number of benzene rings is 2. The van der Waals surface area contributed by atoms with Gasteiger partial charge in [0.25, 0.3) is 5.91 Å². The molecule has 0 bridgehead atoms. The fourth-order valence-electron chi connectivity index (χ4n) is 4.52. The van der Waals surface area contributed by atoms with E-state index >= 15 is 0 Å². The molecule has 2 fully saturated rings. The molecular formula is C26H31Cl2FN4O3S2. The maximum Gasteiger partial charge on any atom is 0.269 e. The summed E-state index contributed by atoms with van der Waals surface area (Å²) in [6.07, 6.45) is 3.16. The maximum absolute atomic E-state index is 15.0. The number of carbonyl (C=O) groups excluding carboxylic acids is 1. The molecule has 38 heavy (non-hydrogen) atoms. The number of ether oxygens (including phenoxy) is 1. The van der Waals surface area contributed by atoms with E-state index in [4.69, 9.17) is 32.1 Å². The van der Waals surface area contributed by atoms with E-state index in [1.54, 1.807) is 19.2 Å². The van der Waals surface area contributed by atoms with Crippen molar-refractivity contribution in [3.63, 3.8) is 0 Å². The van der Waals surface area contributed by atoms with Gasteiger partial charge in [-0.25, -0.2) is 4.39 Å². The third-order valence-corrected chi connectivity index (χ3v) is 7.59. The van der Waals surface area contributed by atoms with Crippen LogP contribution in [0.15, 0.2) is 30.3 Å². The zero-order valence-electron chi connectivity index (χ0n) is 21.2. The molecule has 2 aliphatic rings. The molecule has 1 saturated heterocycles. The van der Waals surface area contributed by atoms with Gasteiger partial charge in [0, 0.05) is 42.8 Å². The summed E-state index contributed by atoms with van der Waals surface area (Å²) in [4.78, 5) is 14.9. The van der Waals surface area contributed by atoms with Crippen LogP contribution in [0.2, 0.25) is 10.0 Å². The van der Waals surface area contributed by atoms with Crippen molar-refractivity contribution in [3.8, 4) is 11.8 Å². The van der Waals surface area contributed by atoms with Gasteiger partial charge in [-0.3, -0.25) is 15.1 Å². The highest BCUT2D eigenvalue weighted by molar-refractivity contribution is 7.92. The van der Waals surface area contributed by atoms with Gasteiger partial charge in [-0.15, -0.1) is 4.41 Å². The number of hydrazine groups is 1. The van der Waals surface area contributed by atoms with Crippen LogP contribution in [0.1, 0.15) is 53.1 Å². The van der Waals surface area contributed by atoms with Crippen molar-refractivity contribution in [2.75, 3.05) is 33.9 Å². The van der Waals surface area contributed by atoms with E-state index in [2.05, 4.69) is 16.4 Å². The molecule has 0 aromatic heterocycles. The highest BCUT2D eigenvalue weighted by Gasteiger charge is 2.37. The average molecular weight is 602 g/mol. The van der Waals surface area contributed by atoms with Gasteiger partial charge in [0.15, 0.2) is 0 Å². The highest BCUT2D eigenvalue weighted by Crippen LogP contribution is 2.46. The van der Waals surface area contributed by atoms with Crippen molar-refractivity contribution in [1.82, 2.24) is 14.7 Å². The number of rotatable bonds is 10. The lowest BCUT2D eigenvalue weighted by Gasteiger charge is -2.37. The lowest BCUT2D eigenvalue weighted by molar-refractivity contribution is 0.0888. The van der Waals surface area contributed by atoms with Crippen LogP contribution in [-0.4, -0.2) is 49.1 Å². The Kier molecular flexibility index (Phi) is 11.0. The van der Waals surface area contributed by atoms with Crippen LogP contribution in [0.3, 0.4) is 0 Å². The van der Waals surface area contributed by atoms with Crippen molar-refractivity contribution in [2.24, 2.45) is 5.41 Å². The maximum atomic E-state index is 15.0. The highest BCUT2D eigenvalue weighted by atomic mass is 35.5. The third kappa shape index (κ3) is 7.92.